The summed E-state index contributed by atoms with van der Waals surface area (Å²) in [6, 6.07) is 0. The molecule has 1 saturated heterocycles. The Kier molecular flexibility index (Phi) is 4.90. The SMILES string of the molecule is CNCC(C)C(=O)NCC1CCOC1. The van der Waals surface area contributed by atoms with Gasteiger partial charge in [0.05, 0.1) is 6.61 Å². The van der Waals surface area contributed by atoms with E-state index in [0.29, 0.717) is 5.92 Å². The molecule has 14 heavy (non-hydrogen) atoms. The van der Waals surface area contributed by atoms with Gasteiger partial charge in [0.15, 0.2) is 0 Å². The van der Waals surface area contributed by atoms with E-state index in [1.807, 2.05) is 14.0 Å². The van der Waals surface area contributed by atoms with E-state index in [1.54, 1.807) is 0 Å². The Morgan fingerprint density at radius 1 is 1.64 bits per heavy atom. The molecule has 4 nitrogen and oxygen atoms in total. The Bertz CT molecular complexity index is 179. The number of carbonyl (C=O) groups is 1. The van der Waals surface area contributed by atoms with E-state index >= 15 is 0 Å². The third kappa shape index (κ3) is 3.64. The summed E-state index contributed by atoms with van der Waals surface area (Å²) in [7, 11) is 1.86. The van der Waals surface area contributed by atoms with Gasteiger partial charge >= 0.3 is 0 Å². The van der Waals surface area contributed by atoms with Crippen molar-refractivity contribution in [3.8, 4) is 0 Å². The van der Waals surface area contributed by atoms with Gasteiger partial charge in [0.2, 0.25) is 5.91 Å². The molecular weight excluding hydrogens is 180 g/mol. The van der Waals surface area contributed by atoms with Gasteiger partial charge in [0.25, 0.3) is 0 Å². The topological polar surface area (TPSA) is 50.4 Å². The number of hydrogen-bond acceptors (Lipinski definition) is 3. The Morgan fingerprint density at radius 3 is 3.00 bits per heavy atom. The van der Waals surface area contributed by atoms with Crippen molar-refractivity contribution < 1.29 is 9.53 Å². The van der Waals surface area contributed by atoms with Crippen molar-refractivity contribution in [1.82, 2.24) is 10.6 Å². The zero-order valence-electron chi connectivity index (χ0n) is 9.01. The zero-order valence-corrected chi connectivity index (χ0v) is 9.01. The third-order valence-corrected chi connectivity index (χ3v) is 2.55. The molecule has 1 amide bonds. The molecule has 1 rings (SSSR count). The van der Waals surface area contributed by atoms with Crippen LogP contribution in [-0.4, -0.2) is 39.3 Å². The molecule has 1 aliphatic heterocycles. The van der Waals surface area contributed by atoms with Gasteiger partial charge in [-0.05, 0) is 13.5 Å². The summed E-state index contributed by atoms with van der Waals surface area (Å²) >= 11 is 0. The van der Waals surface area contributed by atoms with Crippen molar-refractivity contribution in [3.05, 3.63) is 0 Å². The van der Waals surface area contributed by atoms with Crippen LogP contribution in [0.25, 0.3) is 0 Å². The smallest absolute Gasteiger partial charge is 0.224 e. The van der Waals surface area contributed by atoms with Gasteiger partial charge in [-0.25, -0.2) is 0 Å². The van der Waals surface area contributed by atoms with Crippen molar-refractivity contribution in [3.63, 3.8) is 0 Å². The second-order valence-electron chi connectivity index (χ2n) is 3.93. The Hall–Kier alpha value is -0.610. The summed E-state index contributed by atoms with van der Waals surface area (Å²) in [5, 5.41) is 5.94. The van der Waals surface area contributed by atoms with E-state index in [2.05, 4.69) is 10.6 Å². The van der Waals surface area contributed by atoms with E-state index in [9.17, 15) is 4.79 Å². The lowest BCUT2D eigenvalue weighted by Crippen LogP contribution is -2.37. The number of hydrogen-bond donors (Lipinski definition) is 2. The fourth-order valence-electron chi connectivity index (χ4n) is 1.56. The van der Waals surface area contributed by atoms with Crippen LogP contribution in [0.5, 0.6) is 0 Å². The molecule has 2 atom stereocenters. The first-order valence-electron chi connectivity index (χ1n) is 5.24. The van der Waals surface area contributed by atoms with E-state index in [-0.39, 0.29) is 11.8 Å². The predicted molar refractivity (Wildman–Crippen MR) is 55.0 cm³/mol. The molecule has 1 heterocycles. The van der Waals surface area contributed by atoms with Crippen LogP contribution in [0, 0.1) is 11.8 Å². The van der Waals surface area contributed by atoms with E-state index < -0.39 is 0 Å². The van der Waals surface area contributed by atoms with Crippen LogP contribution >= 0.6 is 0 Å². The molecule has 0 saturated carbocycles. The average molecular weight is 200 g/mol. The van der Waals surface area contributed by atoms with E-state index in [4.69, 9.17) is 4.74 Å². The van der Waals surface area contributed by atoms with Crippen molar-refractivity contribution in [2.24, 2.45) is 11.8 Å². The number of carbonyl (C=O) groups excluding carboxylic acids is 1. The first-order valence-corrected chi connectivity index (χ1v) is 5.24. The lowest BCUT2D eigenvalue weighted by Gasteiger charge is -2.13. The predicted octanol–water partition coefficient (Wildman–Crippen LogP) is -0.00540. The van der Waals surface area contributed by atoms with Crippen LogP contribution in [0.15, 0.2) is 0 Å². The van der Waals surface area contributed by atoms with Crippen molar-refractivity contribution in [2.45, 2.75) is 13.3 Å². The quantitative estimate of drug-likeness (QED) is 0.656. The normalized spacial score (nSPS) is 23.4. The molecule has 1 aliphatic rings. The molecule has 0 aliphatic carbocycles. The minimum Gasteiger partial charge on any atom is -0.381 e. The molecule has 0 bridgehead atoms. The number of nitrogens with one attached hydrogen (secondary N) is 2. The number of ether oxygens (including phenoxy) is 1. The Balaban J connectivity index is 2.13. The number of rotatable bonds is 5. The molecule has 0 aromatic rings. The molecule has 2 N–H and O–H groups in total. The zero-order chi connectivity index (χ0) is 10.4. The van der Waals surface area contributed by atoms with Crippen LogP contribution in [0.2, 0.25) is 0 Å². The summed E-state index contributed by atoms with van der Waals surface area (Å²) in [6.45, 7) is 5.05. The second-order valence-corrected chi connectivity index (χ2v) is 3.93. The van der Waals surface area contributed by atoms with Crippen LogP contribution in [-0.2, 0) is 9.53 Å². The first-order chi connectivity index (χ1) is 6.74. The molecule has 1 fully saturated rings. The number of amides is 1. The Labute approximate surface area is 85.4 Å². The van der Waals surface area contributed by atoms with Crippen molar-refractivity contribution >= 4 is 5.91 Å². The van der Waals surface area contributed by atoms with Gasteiger partial charge in [-0.3, -0.25) is 4.79 Å². The van der Waals surface area contributed by atoms with Gasteiger partial charge in [-0.2, -0.15) is 0 Å². The second kappa shape index (κ2) is 5.98. The minimum atomic E-state index is 0.0438. The van der Waals surface area contributed by atoms with Gasteiger partial charge < -0.3 is 15.4 Å². The minimum absolute atomic E-state index is 0.0438. The molecule has 0 spiro atoms. The highest BCUT2D eigenvalue weighted by atomic mass is 16.5. The fourth-order valence-corrected chi connectivity index (χ4v) is 1.56. The molecular formula is C10H20N2O2. The van der Waals surface area contributed by atoms with E-state index in [0.717, 1.165) is 32.7 Å². The monoisotopic (exact) mass is 200 g/mol. The lowest BCUT2D eigenvalue weighted by atomic mass is 10.1. The third-order valence-electron chi connectivity index (χ3n) is 2.55. The van der Waals surface area contributed by atoms with Gasteiger partial charge in [-0.15, -0.1) is 0 Å². The molecule has 4 heteroatoms. The van der Waals surface area contributed by atoms with Crippen molar-refractivity contribution in [2.75, 3.05) is 33.4 Å². The standard InChI is InChI=1S/C10H20N2O2/c1-8(5-11-2)10(13)12-6-9-3-4-14-7-9/h8-9,11H,3-7H2,1-2H3,(H,12,13). The maximum absolute atomic E-state index is 11.5. The summed E-state index contributed by atoms with van der Waals surface area (Å²) in [5.41, 5.74) is 0. The molecule has 0 aromatic heterocycles. The van der Waals surface area contributed by atoms with Crippen LogP contribution in [0.4, 0.5) is 0 Å². The summed E-state index contributed by atoms with van der Waals surface area (Å²) in [4.78, 5) is 11.5. The average Bonchev–Trinajstić information content (AvgIpc) is 2.67. The molecule has 82 valence electrons. The maximum Gasteiger partial charge on any atom is 0.224 e. The van der Waals surface area contributed by atoms with E-state index in [1.165, 1.54) is 0 Å². The summed E-state index contributed by atoms with van der Waals surface area (Å²) < 4.78 is 5.23. The molecule has 0 aromatic carbocycles. The van der Waals surface area contributed by atoms with Crippen LogP contribution in [0.1, 0.15) is 13.3 Å². The van der Waals surface area contributed by atoms with Gasteiger partial charge in [0.1, 0.15) is 0 Å². The highest BCUT2D eigenvalue weighted by Gasteiger charge is 2.18. The van der Waals surface area contributed by atoms with Crippen molar-refractivity contribution in [1.29, 1.82) is 0 Å². The lowest BCUT2D eigenvalue weighted by molar-refractivity contribution is -0.124. The molecule has 2 unspecified atom stereocenters. The molecule has 0 radical (unpaired) electrons. The van der Waals surface area contributed by atoms with Crippen LogP contribution in [0.3, 0.4) is 0 Å². The highest BCUT2D eigenvalue weighted by Crippen LogP contribution is 2.10. The largest absolute Gasteiger partial charge is 0.381 e. The Morgan fingerprint density at radius 2 is 2.43 bits per heavy atom. The van der Waals surface area contributed by atoms with Crippen LogP contribution < -0.4 is 10.6 Å². The fraction of sp³-hybridized carbons (Fsp3) is 0.900. The van der Waals surface area contributed by atoms with Gasteiger partial charge in [0, 0.05) is 31.5 Å². The van der Waals surface area contributed by atoms with Gasteiger partial charge in [-0.1, -0.05) is 6.92 Å². The highest BCUT2D eigenvalue weighted by molar-refractivity contribution is 5.78. The first kappa shape index (κ1) is 11.5. The maximum atomic E-state index is 11.5. The summed E-state index contributed by atoms with van der Waals surface area (Å²) in [6.07, 6.45) is 1.07. The summed E-state index contributed by atoms with van der Waals surface area (Å²) in [5.74, 6) is 0.689.